The number of thiophene rings is 1. The summed E-state index contributed by atoms with van der Waals surface area (Å²) < 4.78 is 11.4. The number of ether oxygens (including phenoxy) is 1. The number of hydrogen-bond acceptors (Lipinski definition) is 6. The van der Waals surface area contributed by atoms with Crippen LogP contribution in [0.2, 0.25) is 0 Å². The van der Waals surface area contributed by atoms with Crippen molar-refractivity contribution in [1.82, 2.24) is 15.0 Å². The predicted octanol–water partition coefficient (Wildman–Crippen LogP) is 3.98. The summed E-state index contributed by atoms with van der Waals surface area (Å²) in [6.07, 6.45) is 6.17. The van der Waals surface area contributed by atoms with Crippen molar-refractivity contribution in [3.63, 3.8) is 0 Å². The first kappa shape index (κ1) is 16.4. The summed E-state index contributed by atoms with van der Waals surface area (Å²) in [5.74, 6) is 0.868. The van der Waals surface area contributed by atoms with Gasteiger partial charge in [0, 0.05) is 43.7 Å². The van der Waals surface area contributed by atoms with E-state index in [2.05, 4.69) is 31.9 Å². The van der Waals surface area contributed by atoms with Crippen LogP contribution >= 0.6 is 11.3 Å². The van der Waals surface area contributed by atoms with Gasteiger partial charge in [-0.2, -0.15) is 11.3 Å². The summed E-state index contributed by atoms with van der Waals surface area (Å²) in [7, 11) is 0. The van der Waals surface area contributed by atoms with Crippen LogP contribution in [-0.2, 0) is 17.8 Å². The summed E-state index contributed by atoms with van der Waals surface area (Å²) in [6, 6.07) is 8.08. The Morgan fingerprint density at radius 3 is 3.04 bits per heavy atom. The van der Waals surface area contributed by atoms with Crippen molar-refractivity contribution in [3.05, 3.63) is 58.7 Å². The average molecular weight is 355 g/mol. The van der Waals surface area contributed by atoms with Gasteiger partial charge < -0.3 is 9.26 Å². The Hall–Kier alpha value is -2.02. The molecule has 130 valence electrons. The fourth-order valence-electron chi connectivity index (χ4n) is 3.16. The molecule has 4 rings (SSSR count). The minimum Gasteiger partial charge on any atom is -0.377 e. The van der Waals surface area contributed by atoms with Crippen LogP contribution in [-0.4, -0.2) is 34.3 Å². The molecule has 1 saturated heterocycles. The zero-order chi connectivity index (χ0) is 16.9. The van der Waals surface area contributed by atoms with Gasteiger partial charge in [0.05, 0.1) is 12.6 Å². The molecule has 5 nitrogen and oxygen atoms in total. The van der Waals surface area contributed by atoms with Crippen LogP contribution in [0.1, 0.15) is 24.2 Å². The van der Waals surface area contributed by atoms with E-state index in [-0.39, 0.29) is 0 Å². The molecule has 0 saturated carbocycles. The maximum absolute atomic E-state index is 5.82. The van der Waals surface area contributed by atoms with Crippen molar-refractivity contribution in [3.8, 4) is 11.3 Å². The number of aromatic nitrogens is 2. The van der Waals surface area contributed by atoms with E-state index in [0.717, 1.165) is 56.1 Å². The Labute approximate surface area is 151 Å². The highest BCUT2D eigenvalue weighted by Crippen LogP contribution is 2.21. The standard InChI is InChI=1S/C19H21N3O2S/c1-3-16(10-20-6-1)19-9-18(24-21-19)13-22(11-15-5-8-25-14-15)12-17-4-2-7-23-17/h1,3,5-6,8-10,14,17H,2,4,7,11-13H2/t17-/m0/s1. The number of hydrogen-bond donors (Lipinski definition) is 0. The van der Waals surface area contributed by atoms with Gasteiger partial charge in [-0.15, -0.1) is 0 Å². The smallest absolute Gasteiger partial charge is 0.151 e. The molecule has 3 aromatic heterocycles. The number of pyridine rings is 1. The highest BCUT2D eigenvalue weighted by Gasteiger charge is 2.21. The minimum atomic E-state index is 0.319. The molecule has 1 fully saturated rings. The van der Waals surface area contributed by atoms with Crippen LogP contribution in [0, 0.1) is 0 Å². The van der Waals surface area contributed by atoms with Crippen LogP contribution in [0.3, 0.4) is 0 Å². The van der Waals surface area contributed by atoms with E-state index in [1.165, 1.54) is 5.56 Å². The zero-order valence-electron chi connectivity index (χ0n) is 14.0. The molecule has 4 heterocycles. The fraction of sp³-hybridized carbons (Fsp3) is 0.368. The van der Waals surface area contributed by atoms with E-state index in [1.54, 1.807) is 23.7 Å². The summed E-state index contributed by atoms with van der Waals surface area (Å²) in [5, 5.41) is 8.52. The van der Waals surface area contributed by atoms with E-state index in [4.69, 9.17) is 9.26 Å². The maximum atomic E-state index is 5.82. The van der Waals surface area contributed by atoms with Gasteiger partial charge in [0.1, 0.15) is 5.69 Å². The Kier molecular flexibility index (Phi) is 5.20. The van der Waals surface area contributed by atoms with Crippen LogP contribution in [0.5, 0.6) is 0 Å². The first-order valence-corrected chi connectivity index (χ1v) is 9.52. The fourth-order valence-corrected chi connectivity index (χ4v) is 3.82. The second kappa shape index (κ2) is 7.91. The van der Waals surface area contributed by atoms with E-state index in [0.29, 0.717) is 6.10 Å². The molecule has 1 aliphatic rings. The van der Waals surface area contributed by atoms with Crippen molar-refractivity contribution >= 4 is 11.3 Å². The molecule has 0 aromatic carbocycles. The van der Waals surface area contributed by atoms with Crippen molar-refractivity contribution in [2.24, 2.45) is 0 Å². The molecule has 0 aliphatic carbocycles. The van der Waals surface area contributed by atoms with Crippen LogP contribution in [0.4, 0.5) is 0 Å². The second-order valence-electron chi connectivity index (χ2n) is 6.36. The summed E-state index contributed by atoms with van der Waals surface area (Å²) >= 11 is 1.73. The van der Waals surface area contributed by atoms with E-state index >= 15 is 0 Å². The Balaban J connectivity index is 1.46. The molecule has 0 bridgehead atoms. The van der Waals surface area contributed by atoms with Gasteiger partial charge in [0.25, 0.3) is 0 Å². The van der Waals surface area contributed by atoms with Gasteiger partial charge in [-0.1, -0.05) is 5.16 Å². The SMILES string of the molecule is c1cncc(-c2cc(CN(Cc3ccsc3)C[C@@H]3CCCO3)on2)c1. The Morgan fingerprint density at radius 2 is 2.28 bits per heavy atom. The van der Waals surface area contributed by atoms with Crippen LogP contribution < -0.4 is 0 Å². The van der Waals surface area contributed by atoms with Crippen molar-refractivity contribution in [2.45, 2.75) is 32.0 Å². The van der Waals surface area contributed by atoms with E-state index in [9.17, 15) is 0 Å². The van der Waals surface area contributed by atoms with Crippen LogP contribution in [0.25, 0.3) is 11.3 Å². The van der Waals surface area contributed by atoms with Gasteiger partial charge in [-0.05, 0) is 47.4 Å². The van der Waals surface area contributed by atoms with Gasteiger partial charge in [0.15, 0.2) is 5.76 Å². The van der Waals surface area contributed by atoms with Gasteiger partial charge in [-0.3, -0.25) is 9.88 Å². The molecule has 0 unspecified atom stereocenters. The second-order valence-corrected chi connectivity index (χ2v) is 7.14. The molecule has 3 aromatic rings. The number of nitrogens with zero attached hydrogens (tertiary/aromatic N) is 3. The third-order valence-electron chi connectivity index (χ3n) is 4.37. The Bertz CT molecular complexity index is 767. The molecular weight excluding hydrogens is 334 g/mol. The van der Waals surface area contributed by atoms with Crippen molar-refractivity contribution < 1.29 is 9.26 Å². The van der Waals surface area contributed by atoms with E-state index < -0.39 is 0 Å². The lowest BCUT2D eigenvalue weighted by molar-refractivity contribution is 0.0647. The number of rotatable bonds is 7. The van der Waals surface area contributed by atoms with Crippen LogP contribution in [0.15, 0.2) is 51.9 Å². The minimum absolute atomic E-state index is 0.319. The summed E-state index contributed by atoms with van der Waals surface area (Å²) in [6.45, 7) is 3.42. The topological polar surface area (TPSA) is 51.4 Å². The predicted molar refractivity (Wildman–Crippen MR) is 97.1 cm³/mol. The molecule has 1 atom stereocenters. The van der Waals surface area contributed by atoms with Gasteiger partial charge >= 0.3 is 0 Å². The van der Waals surface area contributed by atoms with E-state index in [1.807, 2.05) is 18.2 Å². The first-order chi connectivity index (χ1) is 12.4. The molecular formula is C19H21N3O2S. The van der Waals surface area contributed by atoms with Crippen molar-refractivity contribution in [1.29, 1.82) is 0 Å². The normalized spacial score (nSPS) is 17.4. The molecule has 6 heteroatoms. The highest BCUT2D eigenvalue weighted by molar-refractivity contribution is 7.07. The molecule has 0 N–H and O–H groups in total. The third kappa shape index (κ3) is 4.34. The largest absolute Gasteiger partial charge is 0.377 e. The Morgan fingerprint density at radius 1 is 1.28 bits per heavy atom. The highest BCUT2D eigenvalue weighted by atomic mass is 32.1. The molecule has 0 radical (unpaired) electrons. The molecule has 0 amide bonds. The molecule has 1 aliphatic heterocycles. The molecule has 25 heavy (non-hydrogen) atoms. The maximum Gasteiger partial charge on any atom is 0.151 e. The average Bonchev–Trinajstić information content (AvgIpc) is 3.38. The monoisotopic (exact) mass is 355 g/mol. The third-order valence-corrected chi connectivity index (χ3v) is 5.10. The lowest BCUT2D eigenvalue weighted by Crippen LogP contribution is -2.31. The summed E-state index contributed by atoms with van der Waals surface area (Å²) in [4.78, 5) is 6.52. The molecule has 0 spiro atoms. The quantitative estimate of drug-likeness (QED) is 0.642. The van der Waals surface area contributed by atoms with Crippen molar-refractivity contribution in [2.75, 3.05) is 13.2 Å². The van der Waals surface area contributed by atoms with Gasteiger partial charge in [0.2, 0.25) is 0 Å². The lowest BCUT2D eigenvalue weighted by atomic mass is 10.2. The summed E-state index contributed by atoms with van der Waals surface area (Å²) in [5.41, 5.74) is 3.13. The van der Waals surface area contributed by atoms with Gasteiger partial charge in [-0.25, -0.2) is 0 Å². The first-order valence-electron chi connectivity index (χ1n) is 8.58. The lowest BCUT2D eigenvalue weighted by Gasteiger charge is -2.23. The zero-order valence-corrected chi connectivity index (χ0v) is 14.8.